The molecule has 1 unspecified atom stereocenters. The Kier molecular flexibility index (Phi) is 9.74. The Hall–Kier alpha value is -3.04. The average molecular weight is 498 g/mol. The third-order valence-corrected chi connectivity index (χ3v) is 4.86. The molecule has 0 radical (unpaired) electrons. The van der Waals surface area contributed by atoms with Gasteiger partial charge in [0.05, 0.1) is 43.2 Å². The number of anilines is 1. The Labute approximate surface area is 202 Å². The third-order valence-electron chi connectivity index (χ3n) is 4.26. The normalized spacial score (nSPS) is 11.7. The largest absolute Gasteiger partial charge is 0.491 e. The van der Waals surface area contributed by atoms with E-state index in [1.165, 1.54) is 45.4 Å². The average Bonchev–Trinajstić information content (AvgIpc) is 2.77. The number of azo groups is 1. The molecule has 0 heterocycles. The van der Waals surface area contributed by atoms with E-state index in [1.54, 1.807) is 0 Å². The molecule has 0 aliphatic rings. The van der Waals surface area contributed by atoms with E-state index < -0.39 is 17.7 Å². The van der Waals surface area contributed by atoms with E-state index in [2.05, 4.69) is 15.5 Å². The van der Waals surface area contributed by atoms with Gasteiger partial charge >= 0.3 is 0 Å². The van der Waals surface area contributed by atoms with Gasteiger partial charge in [-0.2, -0.15) is 10.2 Å². The summed E-state index contributed by atoms with van der Waals surface area (Å²) in [5, 5.41) is 11.1. The fraction of sp³-hybridized carbons (Fsp3) is 0.364. The van der Waals surface area contributed by atoms with Crippen LogP contribution in [0.25, 0.3) is 0 Å². The maximum atomic E-state index is 12.8. The molecule has 0 bridgehead atoms. The highest BCUT2D eigenvalue weighted by atomic mass is 35.5. The Morgan fingerprint density at radius 1 is 0.970 bits per heavy atom. The molecule has 0 aliphatic heterocycles. The Morgan fingerprint density at radius 3 is 2.12 bits per heavy atom. The molecule has 33 heavy (non-hydrogen) atoms. The zero-order valence-corrected chi connectivity index (χ0v) is 20.4. The van der Waals surface area contributed by atoms with Crippen molar-refractivity contribution in [2.75, 3.05) is 32.8 Å². The standard InChI is InChI=1S/C22H25Cl2N3O6/c1-6-32-17-10-14(24)16(11-18(17)33-7-2)26-27-19(12(3)28)22(29)25-15-9-8-13(23)20(30-4)21(15)31-5/h8-11,19H,6-7H2,1-5H3,(H,25,29). The van der Waals surface area contributed by atoms with Crippen molar-refractivity contribution in [3.63, 3.8) is 0 Å². The number of rotatable bonds is 11. The van der Waals surface area contributed by atoms with Crippen molar-refractivity contribution < 1.29 is 28.5 Å². The van der Waals surface area contributed by atoms with Crippen LogP contribution in [0.15, 0.2) is 34.5 Å². The van der Waals surface area contributed by atoms with Crippen LogP contribution >= 0.6 is 23.2 Å². The van der Waals surface area contributed by atoms with Gasteiger partial charge in [0.25, 0.3) is 5.91 Å². The SMILES string of the molecule is CCOc1cc(Cl)c(N=NC(C(C)=O)C(=O)Nc2ccc(Cl)c(OC)c2OC)cc1OCC. The summed E-state index contributed by atoms with van der Waals surface area (Å²) in [4.78, 5) is 25.0. The first-order valence-electron chi connectivity index (χ1n) is 9.99. The van der Waals surface area contributed by atoms with Crippen molar-refractivity contribution in [1.82, 2.24) is 0 Å². The van der Waals surface area contributed by atoms with Crippen molar-refractivity contribution in [3.8, 4) is 23.0 Å². The summed E-state index contributed by atoms with van der Waals surface area (Å²) in [5.74, 6) is 0.0628. The molecule has 0 aromatic heterocycles. The van der Waals surface area contributed by atoms with Gasteiger partial charge in [-0.3, -0.25) is 9.59 Å². The predicted octanol–water partition coefficient (Wildman–Crippen LogP) is 5.49. The van der Waals surface area contributed by atoms with E-state index in [9.17, 15) is 9.59 Å². The number of hydrogen-bond donors (Lipinski definition) is 1. The molecule has 1 atom stereocenters. The van der Waals surface area contributed by atoms with Gasteiger partial charge in [-0.15, -0.1) is 0 Å². The zero-order chi connectivity index (χ0) is 24.5. The summed E-state index contributed by atoms with van der Waals surface area (Å²) in [5.41, 5.74) is 0.469. The maximum absolute atomic E-state index is 12.8. The molecule has 2 aromatic carbocycles. The number of ether oxygens (including phenoxy) is 4. The molecule has 0 spiro atoms. The van der Waals surface area contributed by atoms with Gasteiger partial charge in [0, 0.05) is 12.1 Å². The molecule has 0 aliphatic carbocycles. The van der Waals surface area contributed by atoms with Crippen molar-refractivity contribution in [3.05, 3.63) is 34.3 Å². The van der Waals surface area contributed by atoms with E-state index in [4.69, 9.17) is 42.1 Å². The minimum absolute atomic E-state index is 0.202. The molecular weight excluding hydrogens is 473 g/mol. The molecule has 1 amide bonds. The second-order valence-corrected chi connectivity index (χ2v) is 7.31. The number of ketones is 1. The summed E-state index contributed by atoms with van der Waals surface area (Å²) >= 11 is 12.4. The Bertz CT molecular complexity index is 1050. The van der Waals surface area contributed by atoms with Crippen LogP contribution in [-0.2, 0) is 9.59 Å². The topological polar surface area (TPSA) is 108 Å². The number of carbonyl (C=O) groups is 2. The first kappa shape index (κ1) is 26.2. The Morgan fingerprint density at radius 2 is 1.58 bits per heavy atom. The molecular formula is C22H25Cl2N3O6. The number of methoxy groups -OCH3 is 2. The number of amides is 1. The second kappa shape index (κ2) is 12.3. The highest BCUT2D eigenvalue weighted by Gasteiger charge is 2.26. The van der Waals surface area contributed by atoms with Crippen LogP contribution in [0.2, 0.25) is 10.0 Å². The lowest BCUT2D eigenvalue weighted by Crippen LogP contribution is -2.32. The molecule has 11 heteroatoms. The van der Waals surface area contributed by atoms with Crippen LogP contribution in [0.5, 0.6) is 23.0 Å². The third kappa shape index (κ3) is 6.49. The van der Waals surface area contributed by atoms with Crippen LogP contribution in [-0.4, -0.2) is 45.2 Å². The van der Waals surface area contributed by atoms with Crippen molar-refractivity contribution in [2.24, 2.45) is 10.2 Å². The van der Waals surface area contributed by atoms with E-state index in [0.717, 1.165) is 0 Å². The highest BCUT2D eigenvalue weighted by Crippen LogP contribution is 2.41. The minimum atomic E-state index is -1.44. The van der Waals surface area contributed by atoms with E-state index in [-0.39, 0.29) is 27.9 Å². The first-order chi connectivity index (χ1) is 15.8. The number of Topliss-reactive ketones (excluding diaryl/α,β-unsaturated/α-hetero) is 1. The van der Waals surface area contributed by atoms with Gasteiger partial charge < -0.3 is 24.3 Å². The van der Waals surface area contributed by atoms with Crippen molar-refractivity contribution >= 4 is 46.3 Å². The molecule has 2 rings (SSSR count). The lowest BCUT2D eigenvalue weighted by atomic mass is 10.2. The summed E-state index contributed by atoms with van der Waals surface area (Å²) < 4.78 is 21.6. The molecule has 9 nitrogen and oxygen atoms in total. The monoisotopic (exact) mass is 497 g/mol. The van der Waals surface area contributed by atoms with Crippen LogP contribution in [0.1, 0.15) is 20.8 Å². The summed E-state index contributed by atoms with van der Waals surface area (Å²) in [6.07, 6.45) is 0. The number of carbonyl (C=O) groups excluding carboxylic acids is 2. The van der Waals surface area contributed by atoms with E-state index in [1.807, 2.05) is 13.8 Å². The van der Waals surface area contributed by atoms with Crippen molar-refractivity contribution in [1.29, 1.82) is 0 Å². The number of hydrogen-bond acceptors (Lipinski definition) is 8. The van der Waals surface area contributed by atoms with Crippen LogP contribution in [0.4, 0.5) is 11.4 Å². The number of benzene rings is 2. The van der Waals surface area contributed by atoms with E-state index >= 15 is 0 Å². The second-order valence-electron chi connectivity index (χ2n) is 6.50. The fourth-order valence-corrected chi connectivity index (χ4v) is 3.22. The smallest absolute Gasteiger partial charge is 0.258 e. The molecule has 0 fully saturated rings. The zero-order valence-electron chi connectivity index (χ0n) is 18.9. The maximum Gasteiger partial charge on any atom is 0.258 e. The lowest BCUT2D eigenvalue weighted by molar-refractivity contribution is -0.126. The molecule has 2 aromatic rings. The molecule has 0 saturated heterocycles. The quantitative estimate of drug-likeness (QED) is 0.324. The first-order valence-corrected chi connectivity index (χ1v) is 10.7. The lowest BCUT2D eigenvalue weighted by Gasteiger charge is -2.16. The number of halogens is 2. The predicted molar refractivity (Wildman–Crippen MR) is 126 cm³/mol. The van der Waals surface area contributed by atoms with Gasteiger partial charge in [0.2, 0.25) is 6.04 Å². The molecule has 1 N–H and O–H groups in total. The van der Waals surface area contributed by atoms with E-state index in [0.29, 0.717) is 29.7 Å². The van der Waals surface area contributed by atoms with Crippen LogP contribution in [0.3, 0.4) is 0 Å². The van der Waals surface area contributed by atoms with Crippen LogP contribution in [0, 0.1) is 0 Å². The van der Waals surface area contributed by atoms with Gasteiger partial charge in [-0.05, 0) is 32.9 Å². The number of nitrogens with zero attached hydrogens (tertiary/aromatic N) is 2. The number of nitrogens with one attached hydrogen (secondary N) is 1. The van der Waals surface area contributed by atoms with Gasteiger partial charge in [-0.1, -0.05) is 23.2 Å². The fourth-order valence-electron chi connectivity index (χ4n) is 2.81. The minimum Gasteiger partial charge on any atom is -0.491 e. The Balaban J connectivity index is 2.34. The molecule has 178 valence electrons. The highest BCUT2D eigenvalue weighted by molar-refractivity contribution is 6.33. The van der Waals surface area contributed by atoms with Crippen LogP contribution < -0.4 is 24.3 Å². The van der Waals surface area contributed by atoms with Crippen molar-refractivity contribution in [2.45, 2.75) is 26.8 Å². The molecule has 0 saturated carbocycles. The summed E-state index contributed by atoms with van der Waals surface area (Å²) in [6, 6.07) is 4.68. The van der Waals surface area contributed by atoms with Gasteiger partial charge in [0.15, 0.2) is 28.8 Å². The summed E-state index contributed by atoms with van der Waals surface area (Å²) in [7, 11) is 2.81. The van der Waals surface area contributed by atoms with Gasteiger partial charge in [0.1, 0.15) is 5.69 Å². The summed E-state index contributed by atoms with van der Waals surface area (Å²) in [6.45, 7) is 5.70. The van der Waals surface area contributed by atoms with Gasteiger partial charge in [-0.25, -0.2) is 0 Å².